The van der Waals surface area contributed by atoms with Crippen molar-refractivity contribution in [2.24, 2.45) is 5.41 Å². The number of aryl methyl sites for hydroxylation is 3. The van der Waals surface area contributed by atoms with Crippen molar-refractivity contribution >= 4 is 28.3 Å². The summed E-state index contributed by atoms with van der Waals surface area (Å²) in [7, 11) is 1.65. The molecule has 0 amide bonds. The molecule has 0 saturated carbocycles. The molecule has 1 N–H and O–H groups in total. The van der Waals surface area contributed by atoms with Crippen LogP contribution in [0.15, 0.2) is 42.5 Å². The molecule has 36 heavy (non-hydrogen) atoms. The van der Waals surface area contributed by atoms with Gasteiger partial charge >= 0.3 is 5.97 Å². The highest BCUT2D eigenvalue weighted by atomic mass is 32.1. The number of carboxylic acids is 1. The first kappa shape index (κ1) is 25.9. The van der Waals surface area contributed by atoms with Crippen LogP contribution >= 0.6 is 11.3 Å². The molecule has 7 nitrogen and oxygen atoms in total. The summed E-state index contributed by atoms with van der Waals surface area (Å²) in [4.78, 5) is 14.6. The van der Waals surface area contributed by atoms with Crippen molar-refractivity contribution in [1.29, 1.82) is 0 Å². The summed E-state index contributed by atoms with van der Waals surface area (Å²) in [5, 5.41) is 18.9. The van der Waals surface area contributed by atoms with E-state index >= 15 is 0 Å². The summed E-state index contributed by atoms with van der Waals surface area (Å²) in [6.45, 7) is 11.4. The number of thiophene rings is 1. The minimum Gasteiger partial charge on any atom is -0.497 e. The van der Waals surface area contributed by atoms with E-state index < -0.39 is 11.4 Å². The third-order valence-corrected chi connectivity index (χ3v) is 8.03. The summed E-state index contributed by atoms with van der Waals surface area (Å²) >= 11 is 1.64. The number of ether oxygens (including phenoxy) is 2. The lowest BCUT2D eigenvalue weighted by molar-refractivity contribution is -0.147. The standard InChI is InChI=1S/C28H33N3O4S/c1-7-31-23-13-12-22(17(2)26(23)29-30-31)25(28(4,5)27(32)33)24-14-20(18(3)36-24)16-35-15-19-8-10-21(34-6)11-9-19/h8-14,25H,7,15-16H2,1-6H3,(H,32,33)/t25-/m0/s1. The summed E-state index contributed by atoms with van der Waals surface area (Å²) in [5.41, 5.74) is 4.82. The maximum absolute atomic E-state index is 12.4. The number of carbonyl (C=O) groups is 1. The lowest BCUT2D eigenvalue weighted by Gasteiger charge is -2.31. The highest BCUT2D eigenvalue weighted by Crippen LogP contribution is 2.46. The maximum Gasteiger partial charge on any atom is 0.310 e. The number of hydrogen-bond acceptors (Lipinski definition) is 6. The normalized spacial score (nSPS) is 12.7. The molecule has 2 aromatic heterocycles. The zero-order chi connectivity index (χ0) is 26.0. The van der Waals surface area contributed by atoms with Gasteiger partial charge in [-0.1, -0.05) is 23.4 Å². The number of rotatable bonds is 10. The van der Waals surface area contributed by atoms with Gasteiger partial charge in [0.2, 0.25) is 0 Å². The van der Waals surface area contributed by atoms with E-state index in [4.69, 9.17) is 9.47 Å². The van der Waals surface area contributed by atoms with Gasteiger partial charge in [0.15, 0.2) is 0 Å². The fourth-order valence-corrected chi connectivity index (χ4v) is 5.92. The van der Waals surface area contributed by atoms with Crippen LogP contribution in [0.1, 0.15) is 58.7 Å². The lowest BCUT2D eigenvalue weighted by Crippen LogP contribution is -2.32. The van der Waals surface area contributed by atoms with E-state index in [1.807, 2.05) is 54.9 Å². The van der Waals surface area contributed by atoms with Gasteiger partial charge in [-0.05, 0) is 81.1 Å². The summed E-state index contributed by atoms with van der Waals surface area (Å²) in [5.74, 6) is -0.368. The van der Waals surface area contributed by atoms with Crippen LogP contribution in [-0.2, 0) is 29.3 Å². The van der Waals surface area contributed by atoms with Gasteiger partial charge < -0.3 is 14.6 Å². The first-order chi connectivity index (χ1) is 17.2. The molecule has 4 rings (SSSR count). The molecule has 0 unspecified atom stereocenters. The first-order valence-corrected chi connectivity index (χ1v) is 12.8. The van der Waals surface area contributed by atoms with Crippen LogP contribution in [0.5, 0.6) is 5.75 Å². The Hall–Kier alpha value is -3.23. The lowest BCUT2D eigenvalue weighted by atomic mass is 9.72. The number of carboxylic acid groups (broad SMARTS) is 1. The molecule has 0 aliphatic carbocycles. The van der Waals surface area contributed by atoms with E-state index in [9.17, 15) is 9.90 Å². The van der Waals surface area contributed by atoms with Crippen molar-refractivity contribution < 1.29 is 19.4 Å². The number of hydrogen-bond donors (Lipinski definition) is 1. The molecule has 0 fully saturated rings. The molecule has 4 aromatic rings. The fourth-order valence-electron chi connectivity index (χ4n) is 4.58. The van der Waals surface area contributed by atoms with Gasteiger partial charge in [0.05, 0.1) is 31.3 Å². The third kappa shape index (κ3) is 4.88. The van der Waals surface area contributed by atoms with Crippen LogP contribution in [0.25, 0.3) is 11.0 Å². The van der Waals surface area contributed by atoms with Crippen LogP contribution in [0.4, 0.5) is 0 Å². The fraction of sp³-hybridized carbons (Fsp3) is 0.393. The number of aliphatic carboxylic acids is 1. The van der Waals surface area contributed by atoms with Gasteiger partial charge in [-0.15, -0.1) is 16.4 Å². The Morgan fingerprint density at radius 2 is 1.86 bits per heavy atom. The topological polar surface area (TPSA) is 86.5 Å². The van der Waals surface area contributed by atoms with Crippen molar-refractivity contribution in [2.75, 3.05) is 7.11 Å². The third-order valence-electron chi connectivity index (χ3n) is 6.88. The maximum atomic E-state index is 12.4. The van der Waals surface area contributed by atoms with Gasteiger partial charge in [0.1, 0.15) is 11.3 Å². The molecular weight excluding hydrogens is 474 g/mol. The zero-order valence-corrected chi connectivity index (χ0v) is 22.5. The van der Waals surface area contributed by atoms with Crippen molar-refractivity contribution in [3.63, 3.8) is 0 Å². The van der Waals surface area contributed by atoms with Gasteiger partial charge in [0.25, 0.3) is 0 Å². The molecule has 2 heterocycles. The van der Waals surface area contributed by atoms with E-state index in [1.54, 1.807) is 32.3 Å². The van der Waals surface area contributed by atoms with Gasteiger partial charge in [0, 0.05) is 22.2 Å². The SMILES string of the molecule is CCn1nnc2c(C)c([C@@H](c3cc(COCc4ccc(OC)cc4)c(C)s3)C(C)(C)C(=O)O)ccc21. The van der Waals surface area contributed by atoms with Crippen molar-refractivity contribution in [2.45, 2.75) is 60.3 Å². The van der Waals surface area contributed by atoms with Crippen molar-refractivity contribution in [3.05, 3.63) is 74.5 Å². The Labute approximate surface area is 215 Å². The van der Waals surface area contributed by atoms with E-state index in [-0.39, 0.29) is 5.92 Å². The van der Waals surface area contributed by atoms with E-state index in [0.29, 0.717) is 13.2 Å². The minimum absolute atomic E-state index is 0.342. The second-order valence-electron chi connectivity index (χ2n) is 9.58. The zero-order valence-electron chi connectivity index (χ0n) is 21.7. The molecule has 0 aliphatic rings. The largest absolute Gasteiger partial charge is 0.497 e. The Bertz CT molecular complexity index is 1370. The average molecular weight is 508 g/mol. The number of aromatic nitrogens is 3. The van der Waals surface area contributed by atoms with E-state index in [0.717, 1.165) is 55.3 Å². The molecule has 0 saturated heterocycles. The van der Waals surface area contributed by atoms with Gasteiger partial charge in [-0.25, -0.2) is 4.68 Å². The minimum atomic E-state index is -1.03. The molecule has 0 spiro atoms. The highest BCUT2D eigenvalue weighted by Gasteiger charge is 2.41. The molecular formula is C28H33N3O4S. The van der Waals surface area contributed by atoms with Crippen LogP contribution in [0, 0.1) is 19.3 Å². The number of methoxy groups -OCH3 is 1. The summed E-state index contributed by atoms with van der Waals surface area (Å²) < 4.78 is 13.1. The Morgan fingerprint density at radius 1 is 1.14 bits per heavy atom. The predicted octanol–water partition coefficient (Wildman–Crippen LogP) is 6.10. The molecule has 190 valence electrons. The second-order valence-corrected chi connectivity index (χ2v) is 10.9. The second kappa shape index (κ2) is 10.4. The molecule has 0 aliphatic heterocycles. The highest BCUT2D eigenvalue weighted by molar-refractivity contribution is 7.12. The van der Waals surface area contributed by atoms with Gasteiger partial charge in [-0.2, -0.15) is 0 Å². The predicted molar refractivity (Wildman–Crippen MR) is 142 cm³/mol. The number of benzene rings is 2. The van der Waals surface area contributed by atoms with Crippen LogP contribution in [0.3, 0.4) is 0 Å². The molecule has 2 aromatic carbocycles. The number of fused-ring (bicyclic) bond motifs is 1. The summed E-state index contributed by atoms with van der Waals surface area (Å²) in [6.07, 6.45) is 0. The van der Waals surface area contributed by atoms with Crippen LogP contribution < -0.4 is 4.74 Å². The Morgan fingerprint density at radius 3 is 2.50 bits per heavy atom. The average Bonchev–Trinajstić information content (AvgIpc) is 3.44. The van der Waals surface area contributed by atoms with Crippen molar-refractivity contribution in [3.8, 4) is 5.75 Å². The van der Waals surface area contributed by atoms with Crippen LogP contribution in [-0.4, -0.2) is 33.2 Å². The Kier molecular flexibility index (Phi) is 7.47. The van der Waals surface area contributed by atoms with E-state index in [1.165, 1.54) is 0 Å². The molecule has 8 heteroatoms. The molecule has 0 radical (unpaired) electrons. The molecule has 1 atom stereocenters. The van der Waals surface area contributed by atoms with E-state index in [2.05, 4.69) is 23.3 Å². The smallest absolute Gasteiger partial charge is 0.310 e. The number of nitrogens with zero attached hydrogens (tertiary/aromatic N) is 3. The molecule has 0 bridgehead atoms. The quantitative estimate of drug-likeness (QED) is 0.279. The first-order valence-electron chi connectivity index (χ1n) is 12.0. The monoisotopic (exact) mass is 507 g/mol. The van der Waals surface area contributed by atoms with Gasteiger partial charge in [-0.3, -0.25) is 4.79 Å². The van der Waals surface area contributed by atoms with Crippen LogP contribution in [0.2, 0.25) is 0 Å². The Balaban J connectivity index is 1.65. The van der Waals surface area contributed by atoms with Crippen molar-refractivity contribution in [1.82, 2.24) is 15.0 Å². The summed E-state index contributed by atoms with van der Waals surface area (Å²) in [6, 6.07) is 14.0.